The molecule has 2 atom stereocenters. The molecule has 1 amide bonds. The maximum Gasteiger partial charge on any atom is 0.424 e. The third-order valence-corrected chi connectivity index (χ3v) is 7.97. The van der Waals surface area contributed by atoms with E-state index in [2.05, 4.69) is 15.4 Å². The summed E-state index contributed by atoms with van der Waals surface area (Å²) in [6, 6.07) is 8.85. The molecule has 42 heavy (non-hydrogen) atoms. The van der Waals surface area contributed by atoms with E-state index in [1.807, 2.05) is 0 Å². The number of carbonyl (C=O) groups excluding carboxylic acids is 1. The maximum absolute atomic E-state index is 14.6. The average Bonchev–Trinajstić information content (AvgIpc) is 3.59. The van der Waals surface area contributed by atoms with Gasteiger partial charge in [-0.05, 0) is 49.2 Å². The van der Waals surface area contributed by atoms with Crippen molar-refractivity contribution in [3.8, 4) is 22.8 Å². The lowest BCUT2D eigenvalue weighted by Crippen LogP contribution is -2.51. The first kappa shape index (κ1) is 28.6. The fourth-order valence-electron chi connectivity index (χ4n) is 5.05. The van der Waals surface area contributed by atoms with Crippen LogP contribution in [0.5, 0.6) is 11.5 Å². The summed E-state index contributed by atoms with van der Waals surface area (Å²) in [5.74, 6) is -0.526. The summed E-state index contributed by atoms with van der Waals surface area (Å²) in [5, 5.41) is 19.1. The van der Waals surface area contributed by atoms with Crippen molar-refractivity contribution in [2.75, 3.05) is 20.3 Å². The molecule has 2 N–H and O–H groups in total. The third kappa shape index (κ3) is 5.03. The number of aliphatic hydroxyl groups is 1. The zero-order chi connectivity index (χ0) is 30.0. The largest absolute Gasteiger partial charge is 0.494 e. The Morgan fingerprint density at radius 1 is 1.17 bits per heavy atom. The number of nitrogens with zero attached hydrogens (tertiary/aromatic N) is 3. The van der Waals surface area contributed by atoms with Gasteiger partial charge in [0.2, 0.25) is 5.60 Å². The zero-order valence-electron chi connectivity index (χ0n) is 22.4. The van der Waals surface area contributed by atoms with Crippen molar-refractivity contribution in [1.29, 1.82) is 0 Å². The Morgan fingerprint density at radius 2 is 1.88 bits per heavy atom. The zero-order valence-corrected chi connectivity index (χ0v) is 23.9. The third-order valence-electron chi connectivity index (χ3n) is 7.54. The first-order chi connectivity index (χ1) is 19.9. The van der Waals surface area contributed by atoms with Crippen LogP contribution in [-0.4, -0.2) is 52.2 Å². The van der Waals surface area contributed by atoms with Gasteiger partial charge in [0, 0.05) is 44.2 Å². The van der Waals surface area contributed by atoms with E-state index in [1.54, 1.807) is 17.8 Å². The minimum atomic E-state index is -5.21. The van der Waals surface area contributed by atoms with E-state index >= 15 is 0 Å². The van der Waals surface area contributed by atoms with Gasteiger partial charge in [0.05, 0.1) is 32.0 Å². The lowest BCUT2D eigenvalue weighted by atomic mass is 9.92. The average molecular weight is 621 g/mol. The van der Waals surface area contributed by atoms with Crippen LogP contribution in [0.4, 0.5) is 13.2 Å². The maximum atomic E-state index is 14.6. The van der Waals surface area contributed by atoms with E-state index in [0.29, 0.717) is 27.8 Å². The highest BCUT2D eigenvalue weighted by Crippen LogP contribution is 2.46. The molecule has 6 rings (SSSR count). The van der Waals surface area contributed by atoms with Crippen LogP contribution in [-0.2, 0) is 5.60 Å². The number of hydrogen-bond acceptors (Lipinski definition) is 6. The van der Waals surface area contributed by atoms with E-state index in [4.69, 9.17) is 32.7 Å². The molecule has 3 heterocycles. The molecular weight excluding hydrogens is 596 g/mol. The quantitative estimate of drug-likeness (QED) is 0.247. The van der Waals surface area contributed by atoms with Crippen LogP contribution in [0.2, 0.25) is 10.0 Å². The van der Waals surface area contributed by atoms with Crippen molar-refractivity contribution in [3.63, 3.8) is 0 Å². The molecule has 13 heteroatoms. The number of rotatable bonds is 7. The number of fused-ring (bicyclic) bond motifs is 2. The summed E-state index contributed by atoms with van der Waals surface area (Å²) in [5.41, 5.74) is -2.84. The fraction of sp³-hybridized carbons (Fsp3) is 0.345. The van der Waals surface area contributed by atoms with Gasteiger partial charge in [-0.25, -0.2) is 4.98 Å². The van der Waals surface area contributed by atoms with Crippen molar-refractivity contribution in [2.24, 2.45) is 0 Å². The summed E-state index contributed by atoms with van der Waals surface area (Å²) in [6.07, 6.45) is -1.44. The van der Waals surface area contributed by atoms with E-state index in [0.717, 1.165) is 12.8 Å². The van der Waals surface area contributed by atoms with Gasteiger partial charge in [0.25, 0.3) is 5.91 Å². The van der Waals surface area contributed by atoms with Crippen LogP contribution < -0.4 is 14.8 Å². The minimum absolute atomic E-state index is 0.0492. The van der Waals surface area contributed by atoms with E-state index < -0.39 is 29.9 Å². The standard InChI is InChI=1S/C29H25Cl2F3N4O4/c1-14-12-42-26-21(14)10-23(36-25(26)15-6-18(30)9-19(31)7-15)28(40,29(32,33)34)13-35-27(39)16-5-17-11-38(20-3-4-20)37-24(17)22(8-16)41-2/h5-11,14,20,40H,3-4,12-13H2,1-2H3,(H,35,39). The Labute approximate surface area is 248 Å². The Morgan fingerprint density at radius 3 is 2.52 bits per heavy atom. The number of aromatic nitrogens is 3. The predicted molar refractivity (Wildman–Crippen MR) is 150 cm³/mol. The van der Waals surface area contributed by atoms with Crippen LogP contribution >= 0.6 is 23.2 Å². The van der Waals surface area contributed by atoms with Crippen molar-refractivity contribution in [1.82, 2.24) is 20.1 Å². The fourth-order valence-corrected chi connectivity index (χ4v) is 5.57. The van der Waals surface area contributed by atoms with Gasteiger partial charge in [-0.2, -0.15) is 18.3 Å². The van der Waals surface area contributed by atoms with Gasteiger partial charge in [-0.3, -0.25) is 9.48 Å². The van der Waals surface area contributed by atoms with Crippen molar-refractivity contribution >= 4 is 40.0 Å². The topological polar surface area (TPSA) is 98.5 Å². The molecule has 0 radical (unpaired) electrons. The first-order valence-corrected chi connectivity index (χ1v) is 13.9. The SMILES string of the molecule is COc1cc(C(=O)NCC(O)(c2cc3c(c(-c4cc(Cl)cc(Cl)c4)n2)OCC3C)C(F)(F)F)cc2cn(C3CC3)nc12. The molecule has 1 aliphatic carbocycles. The number of carbonyl (C=O) groups is 1. The molecule has 220 valence electrons. The van der Waals surface area contributed by atoms with Gasteiger partial charge in [-0.15, -0.1) is 0 Å². The molecule has 2 aromatic carbocycles. The number of alkyl halides is 3. The summed E-state index contributed by atoms with van der Waals surface area (Å²) >= 11 is 12.3. The molecule has 1 aliphatic heterocycles. The van der Waals surface area contributed by atoms with Gasteiger partial charge >= 0.3 is 6.18 Å². The van der Waals surface area contributed by atoms with Crippen molar-refractivity contribution in [2.45, 2.75) is 43.5 Å². The van der Waals surface area contributed by atoms with Gasteiger partial charge in [0.1, 0.15) is 22.7 Å². The number of benzene rings is 2. The van der Waals surface area contributed by atoms with Gasteiger partial charge < -0.3 is 19.9 Å². The summed E-state index contributed by atoms with van der Waals surface area (Å²) in [4.78, 5) is 17.4. The number of hydrogen-bond donors (Lipinski definition) is 2. The molecule has 2 aliphatic rings. The van der Waals surface area contributed by atoms with E-state index in [-0.39, 0.29) is 45.6 Å². The second-order valence-electron chi connectivity index (χ2n) is 10.6. The molecule has 1 saturated carbocycles. The summed E-state index contributed by atoms with van der Waals surface area (Å²) < 4.78 is 56.8. The van der Waals surface area contributed by atoms with Crippen molar-refractivity contribution < 1.29 is 32.5 Å². The Balaban J connectivity index is 1.37. The number of halogens is 5. The molecule has 0 saturated heterocycles. The minimum Gasteiger partial charge on any atom is -0.494 e. The lowest BCUT2D eigenvalue weighted by molar-refractivity contribution is -0.265. The number of pyridine rings is 1. The molecule has 0 bridgehead atoms. The molecule has 0 spiro atoms. The smallest absolute Gasteiger partial charge is 0.424 e. The molecular formula is C29H25Cl2F3N4O4. The highest BCUT2D eigenvalue weighted by atomic mass is 35.5. The number of amides is 1. The van der Waals surface area contributed by atoms with Crippen LogP contribution in [0.25, 0.3) is 22.2 Å². The number of nitrogens with one attached hydrogen (secondary N) is 1. The Hall–Kier alpha value is -3.54. The van der Waals surface area contributed by atoms with Crippen LogP contribution in [0, 0.1) is 0 Å². The van der Waals surface area contributed by atoms with E-state index in [1.165, 1.54) is 43.5 Å². The summed E-state index contributed by atoms with van der Waals surface area (Å²) in [7, 11) is 1.42. The predicted octanol–water partition coefficient (Wildman–Crippen LogP) is 6.42. The highest BCUT2D eigenvalue weighted by Gasteiger charge is 2.57. The first-order valence-electron chi connectivity index (χ1n) is 13.2. The van der Waals surface area contributed by atoms with Crippen LogP contribution in [0.1, 0.15) is 53.3 Å². The molecule has 4 aromatic rings. The van der Waals surface area contributed by atoms with Gasteiger partial charge in [-0.1, -0.05) is 30.1 Å². The second kappa shape index (κ2) is 10.3. The Bertz CT molecular complexity index is 1700. The Kier molecular flexibility index (Phi) is 7.02. The number of ether oxygens (including phenoxy) is 2. The molecule has 2 aromatic heterocycles. The van der Waals surface area contributed by atoms with Crippen LogP contribution in [0.3, 0.4) is 0 Å². The molecule has 8 nitrogen and oxygen atoms in total. The monoisotopic (exact) mass is 620 g/mol. The normalized spacial score (nSPS) is 18.0. The van der Waals surface area contributed by atoms with Gasteiger partial charge in [0.15, 0.2) is 0 Å². The van der Waals surface area contributed by atoms with E-state index in [9.17, 15) is 23.1 Å². The lowest BCUT2D eigenvalue weighted by Gasteiger charge is -2.31. The molecule has 1 fully saturated rings. The van der Waals surface area contributed by atoms with Crippen LogP contribution in [0.15, 0.2) is 42.6 Å². The number of methoxy groups -OCH3 is 1. The molecule has 2 unspecified atom stereocenters. The second-order valence-corrected chi connectivity index (χ2v) is 11.5. The highest BCUT2D eigenvalue weighted by molar-refractivity contribution is 6.35. The van der Waals surface area contributed by atoms with Crippen molar-refractivity contribution in [3.05, 3.63) is 69.5 Å². The summed E-state index contributed by atoms with van der Waals surface area (Å²) in [6.45, 7) is 0.798.